The Morgan fingerprint density at radius 2 is 1.75 bits per heavy atom. The Hall–Kier alpha value is -1.55. The minimum atomic E-state index is -1.21. The van der Waals surface area contributed by atoms with Gasteiger partial charge in [-0.25, -0.2) is 0 Å². The molecule has 0 bridgehead atoms. The summed E-state index contributed by atoms with van der Waals surface area (Å²) in [7, 11) is 0. The van der Waals surface area contributed by atoms with E-state index in [2.05, 4.69) is 26.5 Å². The van der Waals surface area contributed by atoms with E-state index >= 15 is 0 Å². The fraction of sp³-hybridized carbons (Fsp3) is 0.417. The molecule has 0 aliphatic heterocycles. The monoisotopic (exact) mass is 225 g/mol. The Bertz CT molecular complexity index is 298. The molecular weight excluding hydrogens is 206 g/mol. The van der Waals surface area contributed by atoms with E-state index in [0.29, 0.717) is 5.75 Å². The van der Waals surface area contributed by atoms with E-state index in [9.17, 15) is 9.90 Å². The van der Waals surface area contributed by atoms with Gasteiger partial charge >= 0.3 is 0 Å². The molecule has 3 N–H and O–H groups in total. The number of carboxylic acid groups (broad SMARTS) is 1. The zero-order valence-electron chi connectivity index (χ0n) is 10.0. The summed E-state index contributed by atoms with van der Waals surface area (Å²) in [6.45, 7) is 5.83. The summed E-state index contributed by atoms with van der Waals surface area (Å²) in [6.07, 6.45) is 0. The van der Waals surface area contributed by atoms with E-state index in [4.69, 9.17) is 4.74 Å². The van der Waals surface area contributed by atoms with Gasteiger partial charge in [0.1, 0.15) is 12.4 Å². The van der Waals surface area contributed by atoms with Gasteiger partial charge in [0.05, 0.1) is 11.5 Å². The van der Waals surface area contributed by atoms with Crippen LogP contribution in [-0.4, -0.2) is 18.1 Å². The van der Waals surface area contributed by atoms with Gasteiger partial charge in [-0.2, -0.15) is 0 Å². The number of rotatable bonds is 3. The Balaban J connectivity index is 0.000000385. The maximum Gasteiger partial charge on any atom is 0.128 e. The number of carbonyl (C=O) groups excluding carboxylic acids is 1. The van der Waals surface area contributed by atoms with Crippen LogP contribution in [0.25, 0.3) is 0 Å². The number of aliphatic carboxylic acids is 1. The second-order valence-corrected chi connectivity index (χ2v) is 4.53. The minimum absolute atomic E-state index is 0.250. The number of hydrogen-bond donors (Lipinski definition) is 1. The topological polar surface area (TPSA) is 77.0 Å². The second-order valence-electron chi connectivity index (χ2n) is 4.53. The molecule has 0 radical (unpaired) electrons. The van der Waals surface area contributed by atoms with Gasteiger partial charge in [0.25, 0.3) is 0 Å². The molecular formula is C12H19NO3. The molecule has 0 fully saturated rings. The summed E-state index contributed by atoms with van der Waals surface area (Å²) < 4.78 is 4.81. The third-order valence-corrected chi connectivity index (χ3v) is 1.10. The quantitative estimate of drug-likeness (QED) is 0.776. The van der Waals surface area contributed by atoms with Crippen molar-refractivity contribution in [2.45, 2.75) is 26.3 Å². The Morgan fingerprint density at radius 1 is 1.31 bits per heavy atom. The molecule has 4 heteroatoms. The second kappa shape index (κ2) is 6.85. The smallest absolute Gasteiger partial charge is 0.128 e. The Kier molecular flexibility index (Phi) is 6.18. The van der Waals surface area contributed by atoms with E-state index in [0.717, 1.165) is 0 Å². The highest BCUT2D eigenvalue weighted by molar-refractivity contribution is 5.66. The SMILES string of the molecule is CC(C)(C)[NH3+].O=C([O-])COc1ccccc1. The van der Waals surface area contributed by atoms with Gasteiger partial charge in [-0.05, 0) is 32.9 Å². The van der Waals surface area contributed by atoms with Crippen LogP contribution in [-0.2, 0) is 4.79 Å². The average molecular weight is 225 g/mol. The summed E-state index contributed by atoms with van der Waals surface area (Å²) in [5, 5.41) is 9.94. The van der Waals surface area contributed by atoms with Crippen molar-refractivity contribution >= 4 is 5.97 Å². The molecule has 0 unspecified atom stereocenters. The minimum Gasteiger partial charge on any atom is -0.546 e. The number of benzene rings is 1. The maximum absolute atomic E-state index is 9.94. The first-order valence-corrected chi connectivity index (χ1v) is 5.02. The van der Waals surface area contributed by atoms with Crippen LogP contribution in [0.5, 0.6) is 5.75 Å². The van der Waals surface area contributed by atoms with Crippen LogP contribution in [0.15, 0.2) is 30.3 Å². The van der Waals surface area contributed by atoms with Gasteiger partial charge in [-0.3, -0.25) is 0 Å². The van der Waals surface area contributed by atoms with Gasteiger partial charge in [-0.1, -0.05) is 18.2 Å². The lowest BCUT2D eigenvalue weighted by molar-refractivity contribution is -0.458. The first kappa shape index (κ1) is 14.5. The lowest BCUT2D eigenvalue weighted by Crippen LogP contribution is -2.67. The summed E-state index contributed by atoms with van der Waals surface area (Å²) in [5.41, 5.74) is 4.02. The molecule has 0 saturated carbocycles. The van der Waals surface area contributed by atoms with Crippen LogP contribution in [0, 0.1) is 0 Å². The van der Waals surface area contributed by atoms with E-state index in [1.807, 2.05) is 6.07 Å². The molecule has 1 aromatic carbocycles. The highest BCUT2D eigenvalue weighted by Gasteiger charge is 2.00. The molecule has 16 heavy (non-hydrogen) atoms. The van der Waals surface area contributed by atoms with Gasteiger partial charge in [0, 0.05) is 0 Å². The fourth-order valence-corrected chi connectivity index (χ4v) is 0.659. The predicted molar refractivity (Wildman–Crippen MR) is 59.6 cm³/mol. The molecule has 1 aromatic rings. The molecule has 0 heterocycles. The summed E-state index contributed by atoms with van der Waals surface area (Å²) >= 11 is 0. The summed E-state index contributed by atoms with van der Waals surface area (Å²) in [6, 6.07) is 8.73. The maximum atomic E-state index is 9.94. The molecule has 0 atom stereocenters. The van der Waals surface area contributed by atoms with E-state index in [-0.39, 0.29) is 5.54 Å². The third-order valence-electron chi connectivity index (χ3n) is 1.10. The van der Waals surface area contributed by atoms with Crippen LogP contribution in [0.4, 0.5) is 0 Å². The van der Waals surface area contributed by atoms with Crippen molar-refractivity contribution in [1.29, 1.82) is 0 Å². The molecule has 0 aliphatic carbocycles. The zero-order valence-corrected chi connectivity index (χ0v) is 10.0. The number of carbonyl (C=O) groups is 1. The van der Waals surface area contributed by atoms with Crippen molar-refractivity contribution in [3.8, 4) is 5.75 Å². The lowest BCUT2D eigenvalue weighted by Gasteiger charge is -2.04. The molecule has 90 valence electrons. The third kappa shape index (κ3) is 12.4. The van der Waals surface area contributed by atoms with Crippen LogP contribution < -0.4 is 15.6 Å². The normalized spacial score (nSPS) is 10.0. The highest BCUT2D eigenvalue weighted by atomic mass is 16.5. The molecule has 0 amide bonds. The van der Waals surface area contributed by atoms with Crippen molar-refractivity contribution in [3.05, 3.63) is 30.3 Å². The molecule has 1 rings (SSSR count). The molecule has 0 aromatic heterocycles. The first-order valence-electron chi connectivity index (χ1n) is 5.02. The Labute approximate surface area is 96.0 Å². The van der Waals surface area contributed by atoms with Crippen LogP contribution in [0.2, 0.25) is 0 Å². The number of quaternary nitrogens is 1. The van der Waals surface area contributed by atoms with Crippen LogP contribution in [0.1, 0.15) is 20.8 Å². The number of ether oxygens (including phenoxy) is 1. The van der Waals surface area contributed by atoms with Crippen molar-refractivity contribution in [1.82, 2.24) is 0 Å². The van der Waals surface area contributed by atoms with Crippen molar-refractivity contribution < 1.29 is 20.4 Å². The van der Waals surface area contributed by atoms with E-state index in [1.54, 1.807) is 24.3 Å². The predicted octanol–water partition coefficient (Wildman–Crippen LogP) is -0.158. The number of para-hydroxylation sites is 1. The van der Waals surface area contributed by atoms with Crippen molar-refractivity contribution in [2.75, 3.05) is 6.61 Å². The van der Waals surface area contributed by atoms with Crippen molar-refractivity contribution in [3.63, 3.8) is 0 Å². The van der Waals surface area contributed by atoms with E-state index < -0.39 is 12.6 Å². The summed E-state index contributed by atoms with van der Waals surface area (Å²) in [5.74, 6) is -0.675. The molecule has 0 saturated heterocycles. The average Bonchev–Trinajstić information content (AvgIpc) is 2.14. The number of hydrogen-bond acceptors (Lipinski definition) is 3. The van der Waals surface area contributed by atoms with Gasteiger partial charge < -0.3 is 20.4 Å². The first-order chi connectivity index (χ1) is 7.29. The molecule has 4 nitrogen and oxygen atoms in total. The lowest BCUT2D eigenvalue weighted by atomic mass is 10.1. The molecule has 0 spiro atoms. The van der Waals surface area contributed by atoms with E-state index in [1.165, 1.54) is 0 Å². The van der Waals surface area contributed by atoms with Gasteiger partial charge in [0.15, 0.2) is 0 Å². The summed E-state index contributed by atoms with van der Waals surface area (Å²) in [4.78, 5) is 9.94. The van der Waals surface area contributed by atoms with Crippen LogP contribution >= 0.6 is 0 Å². The van der Waals surface area contributed by atoms with Gasteiger partial charge in [-0.15, -0.1) is 0 Å². The highest BCUT2D eigenvalue weighted by Crippen LogP contribution is 2.07. The fourth-order valence-electron chi connectivity index (χ4n) is 0.659. The standard InChI is InChI=1S/C8H8O3.C4H11N/c9-8(10)6-11-7-4-2-1-3-5-7;1-4(2,3)5/h1-5H,6H2,(H,9,10);5H2,1-3H3. The Morgan fingerprint density at radius 3 is 2.12 bits per heavy atom. The molecule has 0 aliphatic rings. The number of carboxylic acids is 1. The van der Waals surface area contributed by atoms with Crippen LogP contribution in [0.3, 0.4) is 0 Å². The van der Waals surface area contributed by atoms with Gasteiger partial charge in [0.2, 0.25) is 0 Å². The largest absolute Gasteiger partial charge is 0.546 e. The van der Waals surface area contributed by atoms with Crippen molar-refractivity contribution in [2.24, 2.45) is 0 Å². The zero-order chi connectivity index (χ0) is 12.6.